The molecule has 34 heavy (non-hydrogen) atoms. The Balaban J connectivity index is 5.55. The molecule has 0 saturated heterocycles. The maximum absolute atomic E-state index is 12.9. The number of rotatable bonds is 17. The third kappa shape index (κ3) is 13.0. The highest BCUT2D eigenvalue weighted by atomic mass is 32.2. The average molecular weight is 506 g/mol. The number of aliphatic carboxylic acids is 2. The molecule has 0 bridgehead atoms. The normalized spacial score (nSPS) is 14.4. The predicted molar refractivity (Wildman–Crippen MR) is 125 cm³/mol. The molecular weight excluding hydrogens is 470 g/mol. The van der Waals surface area contributed by atoms with Gasteiger partial charge in [-0.2, -0.15) is 11.8 Å². The van der Waals surface area contributed by atoms with Gasteiger partial charge in [-0.3, -0.25) is 24.0 Å². The summed E-state index contributed by atoms with van der Waals surface area (Å²) in [7, 11) is 0. The minimum absolute atomic E-state index is 0.0763. The van der Waals surface area contributed by atoms with Crippen LogP contribution in [0.15, 0.2) is 0 Å². The molecule has 4 unspecified atom stereocenters. The molecule has 0 rings (SSSR count). The van der Waals surface area contributed by atoms with E-state index in [0.717, 1.165) is 0 Å². The lowest BCUT2D eigenvalue weighted by Crippen LogP contribution is -2.57. The summed E-state index contributed by atoms with van der Waals surface area (Å²) in [5.74, 6) is -5.32. The molecule has 4 amide bonds. The van der Waals surface area contributed by atoms with Crippen LogP contribution in [0.5, 0.6) is 0 Å². The molecule has 194 valence electrons. The summed E-state index contributed by atoms with van der Waals surface area (Å²) in [4.78, 5) is 71.4. The molecule has 0 aliphatic carbocycles. The lowest BCUT2D eigenvalue weighted by molar-refractivity contribution is -0.142. The Bertz CT molecular complexity index is 748. The summed E-state index contributed by atoms with van der Waals surface area (Å²) in [6, 6.07) is -5.03. The minimum Gasteiger partial charge on any atom is -0.481 e. The smallest absolute Gasteiger partial charge is 0.326 e. The number of thioether (sulfide) groups is 1. The number of carbonyl (C=O) groups is 6. The van der Waals surface area contributed by atoms with Crippen LogP contribution in [0.1, 0.15) is 46.0 Å². The van der Waals surface area contributed by atoms with Gasteiger partial charge in [0.2, 0.25) is 23.6 Å². The van der Waals surface area contributed by atoms with Crippen LogP contribution in [0.2, 0.25) is 0 Å². The summed E-state index contributed by atoms with van der Waals surface area (Å²) >= 11 is 1.40. The van der Waals surface area contributed by atoms with Gasteiger partial charge in [0.25, 0.3) is 0 Å². The van der Waals surface area contributed by atoms with Crippen molar-refractivity contribution in [1.29, 1.82) is 0 Å². The van der Waals surface area contributed by atoms with E-state index in [2.05, 4.69) is 16.0 Å². The highest BCUT2D eigenvalue weighted by Crippen LogP contribution is 2.08. The van der Waals surface area contributed by atoms with E-state index < -0.39 is 66.2 Å². The van der Waals surface area contributed by atoms with Crippen LogP contribution in [0.3, 0.4) is 0 Å². The molecule has 0 aromatic heterocycles. The Labute approximate surface area is 202 Å². The van der Waals surface area contributed by atoms with Crippen LogP contribution in [0, 0.1) is 5.92 Å². The molecule has 0 aromatic carbocycles. The van der Waals surface area contributed by atoms with Crippen molar-refractivity contribution < 1.29 is 39.0 Å². The molecule has 14 heteroatoms. The van der Waals surface area contributed by atoms with Crippen molar-refractivity contribution >= 4 is 47.3 Å². The number of carboxylic acid groups (broad SMARTS) is 2. The van der Waals surface area contributed by atoms with Gasteiger partial charge in [-0.05, 0) is 37.2 Å². The zero-order chi connectivity index (χ0) is 26.4. The van der Waals surface area contributed by atoms with E-state index in [4.69, 9.17) is 16.6 Å². The third-order valence-electron chi connectivity index (χ3n) is 4.61. The van der Waals surface area contributed by atoms with Crippen molar-refractivity contribution in [2.45, 2.75) is 70.1 Å². The number of carboxylic acids is 2. The van der Waals surface area contributed by atoms with E-state index in [0.29, 0.717) is 5.75 Å². The lowest BCUT2D eigenvalue weighted by atomic mass is 10.0. The molecule has 0 aliphatic heterocycles. The number of hydrogen-bond acceptors (Lipinski definition) is 8. The first-order valence-corrected chi connectivity index (χ1v) is 12.1. The van der Waals surface area contributed by atoms with Gasteiger partial charge < -0.3 is 37.6 Å². The molecule has 0 fully saturated rings. The molecule has 13 nitrogen and oxygen atoms in total. The van der Waals surface area contributed by atoms with E-state index in [1.165, 1.54) is 11.8 Å². The van der Waals surface area contributed by atoms with Crippen molar-refractivity contribution in [3.63, 3.8) is 0 Å². The minimum atomic E-state index is -1.39. The van der Waals surface area contributed by atoms with Crippen LogP contribution in [-0.4, -0.2) is 82.0 Å². The van der Waals surface area contributed by atoms with Crippen LogP contribution < -0.4 is 27.4 Å². The monoisotopic (exact) mass is 505 g/mol. The first-order valence-electron chi connectivity index (χ1n) is 10.7. The largest absolute Gasteiger partial charge is 0.481 e. The zero-order valence-corrected chi connectivity index (χ0v) is 20.4. The Morgan fingerprint density at radius 2 is 1.38 bits per heavy atom. The van der Waals surface area contributed by atoms with E-state index in [1.54, 1.807) is 20.1 Å². The molecule has 9 N–H and O–H groups in total. The predicted octanol–water partition coefficient (Wildman–Crippen LogP) is -1.61. The van der Waals surface area contributed by atoms with Crippen molar-refractivity contribution in [3.8, 4) is 0 Å². The van der Waals surface area contributed by atoms with Gasteiger partial charge in [0.05, 0.1) is 12.5 Å². The molecule has 0 aliphatic rings. The number of hydrogen-bond donors (Lipinski definition) is 7. The van der Waals surface area contributed by atoms with Crippen molar-refractivity contribution in [2.75, 3.05) is 12.0 Å². The van der Waals surface area contributed by atoms with Crippen molar-refractivity contribution in [1.82, 2.24) is 16.0 Å². The molecule has 0 heterocycles. The van der Waals surface area contributed by atoms with Gasteiger partial charge in [-0.1, -0.05) is 13.8 Å². The topological polar surface area (TPSA) is 231 Å². The maximum Gasteiger partial charge on any atom is 0.326 e. The molecular formula is C20H35N5O8S. The van der Waals surface area contributed by atoms with Gasteiger partial charge in [-0.15, -0.1) is 0 Å². The van der Waals surface area contributed by atoms with Crippen LogP contribution in [0.25, 0.3) is 0 Å². The Morgan fingerprint density at radius 3 is 1.85 bits per heavy atom. The van der Waals surface area contributed by atoms with Gasteiger partial charge in [0.1, 0.15) is 18.1 Å². The lowest BCUT2D eigenvalue weighted by Gasteiger charge is -2.25. The fourth-order valence-electron chi connectivity index (χ4n) is 2.86. The molecule has 0 radical (unpaired) electrons. The summed E-state index contributed by atoms with van der Waals surface area (Å²) in [5, 5.41) is 25.3. The van der Waals surface area contributed by atoms with Gasteiger partial charge in [0.15, 0.2) is 0 Å². The Kier molecular flexibility index (Phi) is 14.5. The SMILES string of the molecule is CSCCC(NC(=O)C(CCC(N)=O)NC(=O)C(CC(C)C)NC(=O)C(N)CC(=O)O)C(=O)O. The molecule has 0 spiro atoms. The van der Waals surface area contributed by atoms with Crippen LogP contribution >= 0.6 is 11.8 Å². The number of carbonyl (C=O) groups excluding carboxylic acids is 4. The number of primary amides is 1. The molecule has 0 saturated carbocycles. The fourth-order valence-corrected chi connectivity index (χ4v) is 3.33. The third-order valence-corrected chi connectivity index (χ3v) is 5.25. The molecule has 0 aromatic rings. The highest BCUT2D eigenvalue weighted by molar-refractivity contribution is 7.98. The van der Waals surface area contributed by atoms with Crippen LogP contribution in [-0.2, 0) is 28.8 Å². The fraction of sp³-hybridized carbons (Fsp3) is 0.700. The van der Waals surface area contributed by atoms with E-state index in [-0.39, 0.29) is 31.6 Å². The van der Waals surface area contributed by atoms with Gasteiger partial charge >= 0.3 is 11.9 Å². The maximum atomic E-state index is 12.9. The second-order valence-electron chi connectivity index (χ2n) is 8.14. The number of nitrogens with one attached hydrogen (secondary N) is 3. The van der Waals surface area contributed by atoms with Gasteiger partial charge in [0, 0.05) is 6.42 Å². The summed E-state index contributed by atoms with van der Waals surface area (Å²) in [6.45, 7) is 3.56. The highest BCUT2D eigenvalue weighted by Gasteiger charge is 2.31. The van der Waals surface area contributed by atoms with Crippen LogP contribution in [0.4, 0.5) is 0 Å². The van der Waals surface area contributed by atoms with E-state index in [9.17, 15) is 33.9 Å². The van der Waals surface area contributed by atoms with Gasteiger partial charge in [-0.25, -0.2) is 4.79 Å². The van der Waals surface area contributed by atoms with Crippen molar-refractivity contribution in [2.24, 2.45) is 17.4 Å². The summed E-state index contributed by atoms with van der Waals surface area (Å²) in [6.07, 6.45) is 0.980. The first-order chi connectivity index (χ1) is 15.8. The second kappa shape index (κ2) is 15.9. The average Bonchev–Trinajstić information content (AvgIpc) is 2.71. The summed E-state index contributed by atoms with van der Waals surface area (Å²) < 4.78 is 0. The first kappa shape index (κ1) is 31.1. The Hall–Kier alpha value is -2.87. The zero-order valence-electron chi connectivity index (χ0n) is 19.5. The molecule has 4 atom stereocenters. The summed E-state index contributed by atoms with van der Waals surface area (Å²) in [5.41, 5.74) is 10.7. The quantitative estimate of drug-likeness (QED) is 0.119. The van der Waals surface area contributed by atoms with Crippen molar-refractivity contribution in [3.05, 3.63) is 0 Å². The Morgan fingerprint density at radius 1 is 0.853 bits per heavy atom. The van der Waals surface area contributed by atoms with E-state index >= 15 is 0 Å². The number of nitrogens with two attached hydrogens (primary N) is 2. The standard InChI is InChI=1S/C20H35N5O8S/c1-10(2)8-14(25-17(29)11(21)9-16(27)28)19(31)23-12(4-5-15(22)26)18(30)24-13(20(32)33)6-7-34-3/h10-14H,4-9,21H2,1-3H3,(H2,22,26)(H,23,31)(H,24,30)(H,25,29)(H,27,28)(H,32,33). The second-order valence-corrected chi connectivity index (χ2v) is 9.13. The number of amides is 4. The van der Waals surface area contributed by atoms with E-state index in [1.807, 2.05) is 0 Å².